The number of hydrogen-bond acceptors (Lipinski definition) is 4. The van der Waals surface area contributed by atoms with E-state index in [0.717, 1.165) is 11.1 Å². The molecule has 0 radical (unpaired) electrons. The number of sulfonamides is 1. The summed E-state index contributed by atoms with van der Waals surface area (Å²) < 4.78 is 32.6. The van der Waals surface area contributed by atoms with Gasteiger partial charge in [0, 0.05) is 12.7 Å². The van der Waals surface area contributed by atoms with Gasteiger partial charge in [0.1, 0.15) is 5.75 Å². The van der Waals surface area contributed by atoms with Gasteiger partial charge in [0.2, 0.25) is 5.91 Å². The highest BCUT2D eigenvalue weighted by molar-refractivity contribution is 7.92. The molecule has 128 valence electrons. The van der Waals surface area contributed by atoms with E-state index in [0.29, 0.717) is 11.4 Å². The van der Waals surface area contributed by atoms with Crippen molar-refractivity contribution in [3.63, 3.8) is 0 Å². The highest BCUT2D eigenvalue weighted by atomic mass is 32.2. The van der Waals surface area contributed by atoms with Crippen LogP contribution >= 0.6 is 0 Å². The van der Waals surface area contributed by atoms with Crippen LogP contribution in [0.25, 0.3) is 0 Å². The van der Waals surface area contributed by atoms with E-state index in [2.05, 4.69) is 10.0 Å². The van der Waals surface area contributed by atoms with Crippen molar-refractivity contribution in [1.29, 1.82) is 0 Å². The Morgan fingerprint density at radius 2 is 1.79 bits per heavy atom. The molecular formula is C17H20N2O4S. The molecule has 0 fully saturated rings. The van der Waals surface area contributed by atoms with Crippen LogP contribution in [-0.4, -0.2) is 28.5 Å². The Morgan fingerprint density at radius 3 is 2.33 bits per heavy atom. The van der Waals surface area contributed by atoms with Gasteiger partial charge in [0.25, 0.3) is 10.0 Å². The van der Waals surface area contributed by atoms with E-state index in [9.17, 15) is 13.2 Å². The fraction of sp³-hybridized carbons (Fsp3) is 0.235. The number of amides is 1. The summed E-state index contributed by atoms with van der Waals surface area (Å²) in [6.45, 7) is 1.78. The lowest BCUT2D eigenvalue weighted by Gasteiger charge is -2.11. The zero-order chi connectivity index (χ0) is 17.7. The van der Waals surface area contributed by atoms with E-state index in [1.54, 1.807) is 50.4 Å². The van der Waals surface area contributed by atoms with Crippen LogP contribution in [0, 0.1) is 6.92 Å². The van der Waals surface area contributed by atoms with Gasteiger partial charge in [0.15, 0.2) is 0 Å². The molecule has 0 unspecified atom stereocenters. The van der Waals surface area contributed by atoms with Crippen molar-refractivity contribution in [2.75, 3.05) is 18.9 Å². The average molecular weight is 348 g/mol. The van der Waals surface area contributed by atoms with Gasteiger partial charge in [-0.05, 0) is 48.4 Å². The predicted molar refractivity (Wildman–Crippen MR) is 92.8 cm³/mol. The van der Waals surface area contributed by atoms with Crippen molar-refractivity contribution < 1.29 is 17.9 Å². The molecule has 0 saturated carbocycles. The molecule has 7 heteroatoms. The minimum atomic E-state index is -3.69. The smallest absolute Gasteiger partial charge is 0.261 e. The fourth-order valence-electron chi connectivity index (χ4n) is 2.20. The Bertz CT molecular complexity index is 830. The molecule has 0 aliphatic heterocycles. The van der Waals surface area contributed by atoms with Crippen LogP contribution in [0.4, 0.5) is 5.69 Å². The summed E-state index contributed by atoms with van der Waals surface area (Å²) in [4.78, 5) is 11.5. The summed E-state index contributed by atoms with van der Waals surface area (Å²) in [5, 5.41) is 2.54. The molecule has 1 amide bonds. The third-order valence-electron chi connectivity index (χ3n) is 3.53. The second-order valence-electron chi connectivity index (χ2n) is 5.28. The summed E-state index contributed by atoms with van der Waals surface area (Å²) in [5.41, 5.74) is 1.98. The molecule has 2 N–H and O–H groups in total. The van der Waals surface area contributed by atoms with Gasteiger partial charge in [-0.3, -0.25) is 9.52 Å². The summed E-state index contributed by atoms with van der Waals surface area (Å²) >= 11 is 0. The minimum Gasteiger partial charge on any atom is -0.496 e. The first-order chi connectivity index (χ1) is 11.4. The molecule has 0 aromatic heterocycles. The fourth-order valence-corrected chi connectivity index (χ4v) is 3.34. The van der Waals surface area contributed by atoms with E-state index in [1.807, 2.05) is 0 Å². The number of aryl methyl sites for hydroxylation is 1. The lowest BCUT2D eigenvalue weighted by atomic mass is 10.1. The summed E-state index contributed by atoms with van der Waals surface area (Å²) in [6.07, 6.45) is 0.251. The summed E-state index contributed by atoms with van der Waals surface area (Å²) in [6, 6.07) is 11.4. The van der Waals surface area contributed by atoms with Crippen molar-refractivity contribution in [3.05, 3.63) is 53.6 Å². The van der Waals surface area contributed by atoms with Gasteiger partial charge in [-0.15, -0.1) is 0 Å². The van der Waals surface area contributed by atoms with Gasteiger partial charge < -0.3 is 10.1 Å². The average Bonchev–Trinajstić information content (AvgIpc) is 2.56. The lowest BCUT2D eigenvalue weighted by molar-refractivity contribution is -0.119. The van der Waals surface area contributed by atoms with E-state index >= 15 is 0 Å². The zero-order valence-corrected chi connectivity index (χ0v) is 14.6. The van der Waals surface area contributed by atoms with Gasteiger partial charge in [-0.25, -0.2) is 8.42 Å². The molecule has 0 spiro atoms. The van der Waals surface area contributed by atoms with Crippen LogP contribution in [0.15, 0.2) is 47.4 Å². The van der Waals surface area contributed by atoms with Gasteiger partial charge >= 0.3 is 0 Å². The molecule has 0 aliphatic carbocycles. The Balaban J connectivity index is 2.17. The largest absolute Gasteiger partial charge is 0.496 e. The van der Waals surface area contributed by atoms with Crippen LogP contribution in [-0.2, 0) is 21.2 Å². The molecule has 24 heavy (non-hydrogen) atoms. The number of nitrogens with one attached hydrogen (secondary N) is 2. The highest BCUT2D eigenvalue weighted by Gasteiger charge is 2.15. The van der Waals surface area contributed by atoms with Crippen LogP contribution in [0.1, 0.15) is 11.1 Å². The SMILES string of the molecule is CNC(=O)Cc1ccc(NS(=O)(=O)c2ccc(OC)c(C)c2)cc1. The van der Waals surface area contributed by atoms with Crippen LogP contribution in [0.2, 0.25) is 0 Å². The quantitative estimate of drug-likeness (QED) is 0.837. The summed E-state index contributed by atoms with van der Waals surface area (Å²) in [5.74, 6) is 0.532. The number of carbonyl (C=O) groups excluding carboxylic acids is 1. The lowest BCUT2D eigenvalue weighted by Crippen LogP contribution is -2.19. The molecule has 0 bridgehead atoms. The van der Waals surface area contributed by atoms with Crippen LogP contribution < -0.4 is 14.8 Å². The van der Waals surface area contributed by atoms with E-state index in [1.165, 1.54) is 13.2 Å². The first-order valence-corrected chi connectivity index (χ1v) is 8.81. The molecule has 6 nitrogen and oxygen atoms in total. The zero-order valence-electron chi connectivity index (χ0n) is 13.8. The molecule has 0 heterocycles. The number of anilines is 1. The number of ether oxygens (including phenoxy) is 1. The van der Waals surface area contributed by atoms with Gasteiger partial charge in [-0.2, -0.15) is 0 Å². The first-order valence-electron chi connectivity index (χ1n) is 7.32. The van der Waals surface area contributed by atoms with Crippen molar-refractivity contribution in [1.82, 2.24) is 5.32 Å². The topological polar surface area (TPSA) is 84.5 Å². The van der Waals surface area contributed by atoms with Crippen molar-refractivity contribution in [2.45, 2.75) is 18.2 Å². The number of hydrogen-bond donors (Lipinski definition) is 2. The van der Waals surface area contributed by atoms with Gasteiger partial charge in [-0.1, -0.05) is 12.1 Å². The maximum atomic E-state index is 12.4. The maximum absolute atomic E-state index is 12.4. The number of benzene rings is 2. The van der Waals surface area contributed by atoms with Crippen LogP contribution in [0.3, 0.4) is 0 Å². The van der Waals surface area contributed by atoms with E-state index in [-0.39, 0.29) is 17.2 Å². The molecule has 0 aliphatic rings. The Morgan fingerprint density at radius 1 is 1.12 bits per heavy atom. The number of likely N-dealkylation sites (N-methyl/N-ethyl adjacent to an activating group) is 1. The molecule has 2 aromatic rings. The molecule has 0 atom stereocenters. The predicted octanol–water partition coefficient (Wildman–Crippen LogP) is 2.09. The van der Waals surface area contributed by atoms with Crippen LogP contribution in [0.5, 0.6) is 5.75 Å². The minimum absolute atomic E-state index is 0.1000. The van der Waals surface area contributed by atoms with Crippen molar-refractivity contribution in [3.8, 4) is 5.75 Å². The standard InChI is InChI=1S/C17H20N2O4S/c1-12-10-15(8-9-16(12)23-3)24(21,22)19-14-6-4-13(5-7-14)11-17(20)18-2/h4-10,19H,11H2,1-3H3,(H,18,20). The van der Waals surface area contributed by atoms with Crippen molar-refractivity contribution >= 4 is 21.6 Å². The monoisotopic (exact) mass is 348 g/mol. The molecular weight excluding hydrogens is 328 g/mol. The molecule has 0 saturated heterocycles. The maximum Gasteiger partial charge on any atom is 0.261 e. The van der Waals surface area contributed by atoms with Gasteiger partial charge in [0.05, 0.1) is 18.4 Å². The second kappa shape index (κ2) is 7.35. The van der Waals surface area contributed by atoms with E-state index < -0.39 is 10.0 Å². The van der Waals surface area contributed by atoms with Crippen molar-refractivity contribution in [2.24, 2.45) is 0 Å². The van der Waals surface area contributed by atoms with E-state index in [4.69, 9.17) is 4.74 Å². The first kappa shape index (κ1) is 17.8. The Kier molecular flexibility index (Phi) is 5.46. The third-order valence-corrected chi connectivity index (χ3v) is 4.91. The number of rotatable bonds is 6. The number of carbonyl (C=O) groups is 1. The summed E-state index contributed by atoms with van der Waals surface area (Å²) in [7, 11) is -0.578. The molecule has 2 rings (SSSR count). The normalized spacial score (nSPS) is 11.0. The highest BCUT2D eigenvalue weighted by Crippen LogP contribution is 2.23. The Labute approximate surface area is 141 Å². The molecule has 2 aromatic carbocycles. The number of methoxy groups -OCH3 is 1. The third kappa shape index (κ3) is 4.26. The second-order valence-corrected chi connectivity index (χ2v) is 6.97. The Hall–Kier alpha value is -2.54.